The molecule has 5 aromatic carbocycles. The molecule has 0 aliphatic carbocycles. The summed E-state index contributed by atoms with van der Waals surface area (Å²) in [5, 5.41) is 2.73. The average molecular weight is 752 g/mol. The number of rotatable bonds is 16. The van der Waals surface area contributed by atoms with Crippen LogP contribution < -0.4 is 11.0 Å². The number of amides is 1. The number of hydrogen-bond donors (Lipinski definition) is 1. The molecule has 1 aliphatic rings. The normalized spacial score (nSPS) is 19.5. The van der Waals surface area contributed by atoms with Crippen LogP contribution in [0.25, 0.3) is 0 Å². The molecule has 56 heavy (non-hydrogen) atoms. The van der Waals surface area contributed by atoms with Crippen LogP contribution in [0.15, 0.2) is 169 Å². The Hall–Kier alpha value is -5.75. The average Bonchev–Trinajstić information content (AvgIpc) is 3.39. The highest BCUT2D eigenvalue weighted by molar-refractivity contribution is 6.03. The van der Waals surface area contributed by atoms with Gasteiger partial charge in [-0.2, -0.15) is 4.98 Å². The third-order valence-corrected chi connectivity index (χ3v) is 9.51. The van der Waals surface area contributed by atoms with Crippen LogP contribution in [0, 0.1) is 0 Å². The first kappa shape index (κ1) is 38.5. The first-order valence-corrected chi connectivity index (χ1v) is 18.8. The number of carbonyl (C=O) groups is 1. The highest BCUT2D eigenvalue weighted by atomic mass is 16.6. The maximum atomic E-state index is 13.8. The maximum absolute atomic E-state index is 13.8. The Kier molecular flexibility index (Phi) is 13.6. The topological polar surface area (TPSA) is 110 Å². The Morgan fingerprint density at radius 1 is 0.625 bits per heavy atom. The van der Waals surface area contributed by atoms with Crippen molar-refractivity contribution in [1.82, 2.24) is 9.55 Å². The number of nitrogens with zero attached hydrogens (tertiary/aromatic N) is 2. The zero-order valence-corrected chi connectivity index (χ0v) is 31.0. The van der Waals surface area contributed by atoms with Crippen molar-refractivity contribution < 1.29 is 28.5 Å². The molecule has 1 aliphatic heterocycles. The highest BCUT2D eigenvalue weighted by Crippen LogP contribution is 2.33. The Morgan fingerprint density at radius 2 is 1.11 bits per heavy atom. The second-order valence-corrected chi connectivity index (χ2v) is 13.5. The van der Waals surface area contributed by atoms with Gasteiger partial charge in [0.25, 0.3) is 5.91 Å². The van der Waals surface area contributed by atoms with Crippen molar-refractivity contribution in [3.05, 3.63) is 202 Å². The van der Waals surface area contributed by atoms with Crippen molar-refractivity contribution >= 4 is 11.7 Å². The molecule has 0 bridgehead atoms. The summed E-state index contributed by atoms with van der Waals surface area (Å²) in [5.41, 5.74) is 3.81. The van der Waals surface area contributed by atoms with Crippen molar-refractivity contribution in [3.8, 4) is 0 Å². The van der Waals surface area contributed by atoms with E-state index in [9.17, 15) is 9.59 Å². The summed E-state index contributed by atoms with van der Waals surface area (Å²) in [6.07, 6.45) is -1.69. The van der Waals surface area contributed by atoms with Gasteiger partial charge in [0.05, 0.1) is 39.1 Å². The number of carbonyl (C=O) groups excluding carboxylic acids is 1. The number of aromatic nitrogens is 2. The fraction of sp³-hybridized carbons (Fsp3) is 0.239. The van der Waals surface area contributed by atoms with Crippen molar-refractivity contribution in [2.75, 3.05) is 11.9 Å². The van der Waals surface area contributed by atoms with Gasteiger partial charge in [0.15, 0.2) is 0 Å². The summed E-state index contributed by atoms with van der Waals surface area (Å²) in [6.45, 7) is 1.35. The van der Waals surface area contributed by atoms with Crippen LogP contribution >= 0.6 is 0 Å². The fourth-order valence-corrected chi connectivity index (χ4v) is 6.63. The summed E-state index contributed by atoms with van der Waals surface area (Å²) >= 11 is 0. The molecular formula is C46H45N3O7. The van der Waals surface area contributed by atoms with E-state index in [1.807, 2.05) is 127 Å². The number of ether oxygens (including phenoxy) is 5. The Bertz CT molecular complexity index is 2140. The monoisotopic (exact) mass is 751 g/mol. The van der Waals surface area contributed by atoms with Crippen LogP contribution in [0.3, 0.4) is 0 Å². The first-order chi connectivity index (χ1) is 27.6. The molecule has 1 amide bonds. The lowest BCUT2D eigenvalue weighted by Gasteiger charge is -2.34. The minimum atomic E-state index is -0.854. The molecule has 10 heteroatoms. The van der Waals surface area contributed by atoms with Gasteiger partial charge >= 0.3 is 5.69 Å². The van der Waals surface area contributed by atoms with Gasteiger partial charge < -0.3 is 29.0 Å². The van der Waals surface area contributed by atoms with E-state index in [1.165, 1.54) is 4.57 Å². The standard InChI is InChI=1S/C46H45N3O7/c50-45(38-24-14-5-15-25-38)47-41-26-27-49(46(51)48-41)42-28-39(53-30-35-18-8-2-9-19-35)43(54-31-36-20-10-3-11-21-36)44(55-32-37-22-12-4-13-23-37)40(56-42)33-52-29-34-16-6-1-7-17-34/h1-27,39-40,42-44H,28-33H2,(H,47,48,50,51)/t39-,40+,42-,43+,44+/m0/s1. The molecule has 1 N–H and O–H groups in total. The van der Waals surface area contributed by atoms with Crippen molar-refractivity contribution in [2.45, 2.75) is 63.5 Å². The quantitative estimate of drug-likeness (QED) is 0.107. The van der Waals surface area contributed by atoms with Crippen molar-refractivity contribution in [1.29, 1.82) is 0 Å². The predicted octanol–water partition coefficient (Wildman–Crippen LogP) is 7.76. The number of nitrogens with one attached hydrogen (secondary N) is 1. The van der Waals surface area contributed by atoms with Gasteiger partial charge in [0.2, 0.25) is 0 Å². The first-order valence-electron chi connectivity index (χ1n) is 18.8. The molecule has 7 rings (SSSR count). The molecule has 0 spiro atoms. The number of benzene rings is 5. The van der Waals surface area contributed by atoms with Crippen LogP contribution in [-0.4, -0.2) is 46.5 Å². The second-order valence-electron chi connectivity index (χ2n) is 13.5. The molecule has 0 radical (unpaired) electrons. The zero-order chi connectivity index (χ0) is 38.4. The maximum Gasteiger partial charge on any atom is 0.351 e. The molecule has 1 aromatic heterocycles. The summed E-state index contributed by atoms with van der Waals surface area (Å²) in [4.78, 5) is 31.0. The number of anilines is 1. The summed E-state index contributed by atoms with van der Waals surface area (Å²) in [6, 6.07) is 50.0. The van der Waals surface area contributed by atoms with Crippen LogP contribution in [0.1, 0.15) is 45.3 Å². The molecule has 6 aromatic rings. The Morgan fingerprint density at radius 3 is 1.64 bits per heavy atom. The van der Waals surface area contributed by atoms with Gasteiger partial charge in [-0.25, -0.2) is 4.79 Å². The van der Waals surface area contributed by atoms with Gasteiger partial charge in [-0.1, -0.05) is 140 Å². The van der Waals surface area contributed by atoms with Gasteiger partial charge in [-0.3, -0.25) is 9.36 Å². The minimum Gasteiger partial charge on any atom is -0.374 e. The van der Waals surface area contributed by atoms with Crippen LogP contribution in [0.2, 0.25) is 0 Å². The molecule has 1 fully saturated rings. The smallest absolute Gasteiger partial charge is 0.351 e. The number of hydrogen-bond acceptors (Lipinski definition) is 8. The van der Waals surface area contributed by atoms with Crippen molar-refractivity contribution in [3.63, 3.8) is 0 Å². The predicted molar refractivity (Wildman–Crippen MR) is 213 cm³/mol. The minimum absolute atomic E-state index is 0.126. The largest absolute Gasteiger partial charge is 0.374 e. The van der Waals surface area contributed by atoms with Crippen LogP contribution in [0.5, 0.6) is 0 Å². The van der Waals surface area contributed by atoms with Gasteiger partial charge in [0.1, 0.15) is 30.4 Å². The molecule has 0 unspecified atom stereocenters. The van der Waals surface area contributed by atoms with Gasteiger partial charge in [0, 0.05) is 18.2 Å². The Balaban J connectivity index is 1.23. The fourth-order valence-electron chi connectivity index (χ4n) is 6.63. The molecule has 0 saturated carbocycles. The zero-order valence-electron chi connectivity index (χ0n) is 31.0. The third kappa shape index (κ3) is 10.7. The highest BCUT2D eigenvalue weighted by Gasteiger charge is 2.44. The SMILES string of the molecule is O=C(Nc1ccn([C@@H]2C[C@H](OCc3ccccc3)[C@@H](OCc3ccccc3)[C@H](OCc3ccccc3)[C@@H](COCc3ccccc3)O2)c(=O)n1)c1ccccc1. The molecule has 286 valence electrons. The van der Waals surface area contributed by atoms with E-state index in [0.717, 1.165) is 22.3 Å². The Labute approximate surface area is 326 Å². The lowest BCUT2D eigenvalue weighted by Crippen LogP contribution is -2.48. The van der Waals surface area contributed by atoms with Crippen LogP contribution in [-0.2, 0) is 50.1 Å². The van der Waals surface area contributed by atoms with E-state index < -0.39 is 36.3 Å². The molecular weight excluding hydrogens is 707 g/mol. The van der Waals surface area contributed by atoms with E-state index in [4.69, 9.17) is 23.7 Å². The second kappa shape index (κ2) is 19.7. The van der Waals surface area contributed by atoms with Gasteiger partial charge in [-0.15, -0.1) is 0 Å². The van der Waals surface area contributed by atoms with Crippen molar-refractivity contribution in [2.24, 2.45) is 0 Å². The van der Waals surface area contributed by atoms with Crippen LogP contribution in [0.4, 0.5) is 5.82 Å². The lowest BCUT2D eigenvalue weighted by atomic mass is 10.0. The molecule has 1 saturated heterocycles. The van der Waals surface area contributed by atoms with E-state index in [-0.39, 0.29) is 31.4 Å². The molecule has 5 atom stereocenters. The summed E-state index contributed by atoms with van der Waals surface area (Å²) in [5.74, 6) is -0.246. The van der Waals surface area contributed by atoms with E-state index in [0.29, 0.717) is 25.4 Å². The summed E-state index contributed by atoms with van der Waals surface area (Å²) in [7, 11) is 0. The van der Waals surface area contributed by atoms with E-state index in [1.54, 1.807) is 36.5 Å². The van der Waals surface area contributed by atoms with E-state index in [2.05, 4.69) is 10.3 Å². The molecule has 10 nitrogen and oxygen atoms in total. The van der Waals surface area contributed by atoms with Gasteiger partial charge in [-0.05, 0) is 40.5 Å². The molecule has 2 heterocycles. The van der Waals surface area contributed by atoms with E-state index >= 15 is 0 Å². The third-order valence-electron chi connectivity index (χ3n) is 9.51. The lowest BCUT2D eigenvalue weighted by molar-refractivity contribution is -0.185. The summed E-state index contributed by atoms with van der Waals surface area (Å²) < 4.78 is 35.1.